The van der Waals surface area contributed by atoms with Crippen LogP contribution in [0.25, 0.3) is 0 Å². The topological polar surface area (TPSA) is 41.1 Å². The van der Waals surface area contributed by atoms with Gasteiger partial charge in [0.1, 0.15) is 0 Å². The first-order valence-electron chi connectivity index (χ1n) is 5.33. The molecule has 1 amide bonds. The Morgan fingerprint density at radius 3 is 2.56 bits per heavy atom. The lowest BCUT2D eigenvalue weighted by atomic mass is 10.1. The molecule has 1 rings (SSSR count). The van der Waals surface area contributed by atoms with E-state index in [-0.39, 0.29) is 11.9 Å². The molecule has 1 unspecified atom stereocenters. The molecule has 4 heteroatoms. The Bertz CT molecular complexity index is 337. The van der Waals surface area contributed by atoms with Crippen LogP contribution in [0.2, 0.25) is 5.02 Å². The molecule has 16 heavy (non-hydrogen) atoms. The standard InChI is InChI=1S/C12H17ClN2O/c1-9(12(16)14-2)15-8-7-10-3-5-11(13)6-4-10/h3-6,9,15H,7-8H2,1-2H3,(H,14,16). The highest BCUT2D eigenvalue weighted by Gasteiger charge is 2.08. The SMILES string of the molecule is CNC(=O)C(C)NCCc1ccc(Cl)cc1. The molecule has 0 spiro atoms. The van der Waals surface area contributed by atoms with Gasteiger partial charge >= 0.3 is 0 Å². The largest absolute Gasteiger partial charge is 0.358 e. The van der Waals surface area contributed by atoms with Crippen LogP contribution in [0.15, 0.2) is 24.3 Å². The van der Waals surface area contributed by atoms with Crippen molar-refractivity contribution in [3.8, 4) is 0 Å². The smallest absolute Gasteiger partial charge is 0.236 e. The Kier molecular flexibility index (Phi) is 5.29. The summed E-state index contributed by atoms with van der Waals surface area (Å²) in [5.74, 6) is 0.0103. The Labute approximate surface area is 101 Å². The number of nitrogens with one attached hydrogen (secondary N) is 2. The molecule has 0 bridgehead atoms. The Balaban J connectivity index is 2.30. The molecule has 0 aromatic heterocycles. The second-order valence-corrected chi connectivity index (χ2v) is 4.10. The highest BCUT2D eigenvalue weighted by Crippen LogP contribution is 2.09. The predicted molar refractivity (Wildman–Crippen MR) is 66.7 cm³/mol. The van der Waals surface area contributed by atoms with Gasteiger partial charge in [-0.15, -0.1) is 0 Å². The van der Waals surface area contributed by atoms with Gasteiger partial charge in [-0.05, 0) is 37.6 Å². The lowest BCUT2D eigenvalue weighted by Gasteiger charge is -2.11. The first-order chi connectivity index (χ1) is 7.63. The zero-order chi connectivity index (χ0) is 12.0. The fraction of sp³-hybridized carbons (Fsp3) is 0.417. The van der Waals surface area contributed by atoms with Crippen LogP contribution in [0.4, 0.5) is 0 Å². The molecule has 0 saturated heterocycles. The number of amides is 1. The maximum absolute atomic E-state index is 11.2. The molecular weight excluding hydrogens is 224 g/mol. The number of carbonyl (C=O) groups is 1. The summed E-state index contributed by atoms with van der Waals surface area (Å²) >= 11 is 5.79. The third-order valence-electron chi connectivity index (χ3n) is 2.42. The van der Waals surface area contributed by atoms with Gasteiger partial charge in [0, 0.05) is 12.1 Å². The number of halogens is 1. The quantitative estimate of drug-likeness (QED) is 0.821. The van der Waals surface area contributed by atoms with E-state index < -0.39 is 0 Å². The molecule has 0 saturated carbocycles. The number of hydrogen-bond donors (Lipinski definition) is 2. The molecule has 2 N–H and O–H groups in total. The zero-order valence-electron chi connectivity index (χ0n) is 9.59. The van der Waals surface area contributed by atoms with E-state index in [9.17, 15) is 4.79 Å². The second-order valence-electron chi connectivity index (χ2n) is 3.67. The lowest BCUT2D eigenvalue weighted by molar-refractivity contribution is -0.122. The van der Waals surface area contributed by atoms with Crippen LogP contribution in [0.5, 0.6) is 0 Å². The van der Waals surface area contributed by atoms with E-state index in [1.54, 1.807) is 7.05 Å². The van der Waals surface area contributed by atoms with E-state index in [4.69, 9.17) is 11.6 Å². The minimum Gasteiger partial charge on any atom is -0.358 e. The third kappa shape index (κ3) is 4.21. The average molecular weight is 241 g/mol. The van der Waals surface area contributed by atoms with Gasteiger partial charge in [0.2, 0.25) is 5.91 Å². The molecule has 1 aromatic carbocycles. The second kappa shape index (κ2) is 6.51. The van der Waals surface area contributed by atoms with Gasteiger partial charge in [0.05, 0.1) is 6.04 Å². The molecule has 1 aromatic rings. The monoisotopic (exact) mass is 240 g/mol. The van der Waals surface area contributed by atoms with Crippen molar-refractivity contribution in [2.24, 2.45) is 0 Å². The summed E-state index contributed by atoms with van der Waals surface area (Å²) in [4.78, 5) is 11.2. The number of carbonyl (C=O) groups excluding carboxylic acids is 1. The molecule has 0 radical (unpaired) electrons. The van der Waals surface area contributed by atoms with Crippen LogP contribution in [-0.2, 0) is 11.2 Å². The molecular formula is C12H17ClN2O. The molecule has 0 aliphatic carbocycles. The van der Waals surface area contributed by atoms with Gasteiger partial charge in [0.25, 0.3) is 0 Å². The van der Waals surface area contributed by atoms with Crippen molar-refractivity contribution in [3.05, 3.63) is 34.9 Å². The maximum Gasteiger partial charge on any atom is 0.236 e. The molecule has 0 fully saturated rings. The number of hydrogen-bond acceptors (Lipinski definition) is 2. The van der Waals surface area contributed by atoms with Crippen LogP contribution in [0, 0.1) is 0 Å². The highest BCUT2D eigenvalue weighted by molar-refractivity contribution is 6.30. The number of benzene rings is 1. The van der Waals surface area contributed by atoms with Gasteiger partial charge in [-0.1, -0.05) is 23.7 Å². The summed E-state index contributed by atoms with van der Waals surface area (Å²) in [5, 5.41) is 6.50. The normalized spacial score (nSPS) is 12.2. The van der Waals surface area contributed by atoms with Crippen molar-refractivity contribution < 1.29 is 4.79 Å². The Morgan fingerprint density at radius 1 is 1.38 bits per heavy atom. The maximum atomic E-state index is 11.2. The first-order valence-corrected chi connectivity index (χ1v) is 5.70. The number of rotatable bonds is 5. The van der Waals surface area contributed by atoms with Crippen molar-refractivity contribution in [2.45, 2.75) is 19.4 Å². The summed E-state index contributed by atoms with van der Waals surface area (Å²) in [7, 11) is 1.64. The summed E-state index contributed by atoms with van der Waals surface area (Å²) in [5.41, 5.74) is 1.21. The summed E-state index contributed by atoms with van der Waals surface area (Å²) in [6, 6.07) is 7.58. The van der Waals surface area contributed by atoms with E-state index in [2.05, 4.69) is 10.6 Å². The van der Waals surface area contributed by atoms with Gasteiger partial charge < -0.3 is 10.6 Å². The van der Waals surface area contributed by atoms with E-state index in [1.165, 1.54) is 5.56 Å². The predicted octanol–water partition coefficient (Wildman–Crippen LogP) is 1.61. The third-order valence-corrected chi connectivity index (χ3v) is 2.67. The molecule has 88 valence electrons. The summed E-state index contributed by atoms with van der Waals surface area (Å²) in [6.45, 7) is 2.62. The van der Waals surface area contributed by atoms with Crippen molar-refractivity contribution >= 4 is 17.5 Å². The van der Waals surface area contributed by atoms with E-state index in [0.29, 0.717) is 0 Å². The Hall–Kier alpha value is -1.06. The van der Waals surface area contributed by atoms with Gasteiger partial charge in [-0.2, -0.15) is 0 Å². The minimum atomic E-state index is -0.155. The van der Waals surface area contributed by atoms with Crippen LogP contribution < -0.4 is 10.6 Å². The van der Waals surface area contributed by atoms with E-state index in [0.717, 1.165) is 18.0 Å². The zero-order valence-corrected chi connectivity index (χ0v) is 10.3. The molecule has 0 heterocycles. The van der Waals surface area contributed by atoms with Gasteiger partial charge in [0.15, 0.2) is 0 Å². The fourth-order valence-corrected chi connectivity index (χ4v) is 1.52. The van der Waals surface area contributed by atoms with Gasteiger partial charge in [-0.25, -0.2) is 0 Å². The molecule has 0 aliphatic rings. The van der Waals surface area contributed by atoms with Crippen molar-refractivity contribution in [1.29, 1.82) is 0 Å². The fourth-order valence-electron chi connectivity index (χ4n) is 1.39. The van der Waals surface area contributed by atoms with Crippen LogP contribution >= 0.6 is 11.6 Å². The minimum absolute atomic E-state index is 0.0103. The Morgan fingerprint density at radius 2 is 2.00 bits per heavy atom. The number of likely N-dealkylation sites (N-methyl/N-ethyl adjacent to an activating group) is 1. The van der Waals surface area contributed by atoms with Crippen LogP contribution in [0.3, 0.4) is 0 Å². The molecule has 0 aliphatic heterocycles. The average Bonchev–Trinajstić information content (AvgIpc) is 2.30. The first kappa shape index (κ1) is 13.0. The van der Waals surface area contributed by atoms with Crippen molar-refractivity contribution in [3.63, 3.8) is 0 Å². The summed E-state index contributed by atoms with van der Waals surface area (Å²) < 4.78 is 0. The van der Waals surface area contributed by atoms with Crippen LogP contribution in [-0.4, -0.2) is 25.5 Å². The van der Waals surface area contributed by atoms with E-state index >= 15 is 0 Å². The van der Waals surface area contributed by atoms with Crippen molar-refractivity contribution in [1.82, 2.24) is 10.6 Å². The van der Waals surface area contributed by atoms with Crippen molar-refractivity contribution in [2.75, 3.05) is 13.6 Å². The summed E-state index contributed by atoms with van der Waals surface area (Å²) in [6.07, 6.45) is 0.887. The van der Waals surface area contributed by atoms with Crippen LogP contribution in [0.1, 0.15) is 12.5 Å². The lowest BCUT2D eigenvalue weighted by Crippen LogP contribution is -2.41. The molecule has 1 atom stereocenters. The molecule has 3 nitrogen and oxygen atoms in total. The van der Waals surface area contributed by atoms with Gasteiger partial charge in [-0.3, -0.25) is 4.79 Å². The highest BCUT2D eigenvalue weighted by atomic mass is 35.5. The van der Waals surface area contributed by atoms with E-state index in [1.807, 2.05) is 31.2 Å².